The van der Waals surface area contributed by atoms with Crippen molar-refractivity contribution in [2.24, 2.45) is 0 Å². The van der Waals surface area contributed by atoms with Gasteiger partial charge in [0.1, 0.15) is 5.56 Å². The Labute approximate surface area is 112 Å². The molecule has 1 aromatic rings. The molecule has 0 saturated heterocycles. The van der Waals surface area contributed by atoms with Crippen molar-refractivity contribution in [1.82, 2.24) is 15.6 Å². The van der Waals surface area contributed by atoms with Crippen molar-refractivity contribution in [2.75, 3.05) is 33.4 Å². The molecule has 106 valence electrons. The van der Waals surface area contributed by atoms with Crippen molar-refractivity contribution in [3.63, 3.8) is 0 Å². The zero-order valence-electron chi connectivity index (χ0n) is 11.6. The Bertz CT molecular complexity index is 483. The first kappa shape index (κ1) is 15.4. The molecule has 0 unspecified atom stereocenters. The molecule has 1 rings (SSSR count). The number of nitrogens with one attached hydrogen (secondary N) is 3. The third-order valence-corrected chi connectivity index (χ3v) is 2.66. The molecule has 0 bridgehead atoms. The first-order valence-corrected chi connectivity index (χ1v) is 6.24. The van der Waals surface area contributed by atoms with E-state index in [1.165, 1.54) is 0 Å². The summed E-state index contributed by atoms with van der Waals surface area (Å²) >= 11 is 0. The molecular weight excluding hydrogens is 246 g/mol. The van der Waals surface area contributed by atoms with Crippen molar-refractivity contribution in [2.45, 2.75) is 13.8 Å². The maximum absolute atomic E-state index is 11.9. The maximum Gasteiger partial charge on any atom is 0.261 e. The van der Waals surface area contributed by atoms with Gasteiger partial charge in [0.2, 0.25) is 0 Å². The Morgan fingerprint density at radius 3 is 2.68 bits per heavy atom. The molecule has 0 radical (unpaired) electrons. The van der Waals surface area contributed by atoms with Gasteiger partial charge >= 0.3 is 0 Å². The molecule has 0 aromatic carbocycles. The number of aryl methyl sites for hydroxylation is 2. The summed E-state index contributed by atoms with van der Waals surface area (Å²) in [7, 11) is 1.63. The number of carbonyl (C=O) groups is 1. The highest BCUT2D eigenvalue weighted by molar-refractivity contribution is 5.95. The van der Waals surface area contributed by atoms with Gasteiger partial charge in [-0.3, -0.25) is 9.59 Å². The minimum Gasteiger partial charge on any atom is -0.383 e. The molecule has 0 fully saturated rings. The lowest BCUT2D eigenvalue weighted by atomic mass is 10.1. The zero-order valence-corrected chi connectivity index (χ0v) is 11.6. The van der Waals surface area contributed by atoms with E-state index in [1.807, 2.05) is 0 Å². The van der Waals surface area contributed by atoms with Crippen LogP contribution in [-0.2, 0) is 4.74 Å². The number of hydrogen-bond donors (Lipinski definition) is 3. The van der Waals surface area contributed by atoms with Crippen LogP contribution in [0.5, 0.6) is 0 Å². The van der Waals surface area contributed by atoms with Gasteiger partial charge in [0.15, 0.2) is 0 Å². The molecule has 0 atom stereocenters. The summed E-state index contributed by atoms with van der Waals surface area (Å²) in [6, 6.07) is 1.78. The van der Waals surface area contributed by atoms with E-state index in [-0.39, 0.29) is 17.0 Å². The van der Waals surface area contributed by atoms with Crippen molar-refractivity contribution < 1.29 is 9.53 Å². The van der Waals surface area contributed by atoms with Crippen LogP contribution >= 0.6 is 0 Å². The minimum absolute atomic E-state index is 0.183. The smallest absolute Gasteiger partial charge is 0.261 e. The van der Waals surface area contributed by atoms with Crippen molar-refractivity contribution in [3.05, 3.63) is 33.2 Å². The lowest BCUT2D eigenvalue weighted by molar-refractivity contribution is 0.0951. The van der Waals surface area contributed by atoms with Crippen molar-refractivity contribution in [1.29, 1.82) is 0 Å². The Balaban J connectivity index is 2.48. The van der Waals surface area contributed by atoms with Crippen LogP contribution in [0.3, 0.4) is 0 Å². The van der Waals surface area contributed by atoms with Crippen LogP contribution < -0.4 is 16.2 Å². The van der Waals surface area contributed by atoms with Crippen LogP contribution in [-0.4, -0.2) is 44.2 Å². The molecule has 0 aliphatic rings. The van der Waals surface area contributed by atoms with Crippen LogP contribution in [0.15, 0.2) is 10.9 Å². The molecule has 1 heterocycles. The van der Waals surface area contributed by atoms with Crippen LogP contribution in [0.1, 0.15) is 21.6 Å². The highest BCUT2D eigenvalue weighted by Crippen LogP contribution is 2.02. The van der Waals surface area contributed by atoms with Crippen molar-refractivity contribution in [3.8, 4) is 0 Å². The fraction of sp³-hybridized carbons (Fsp3) is 0.538. The lowest BCUT2D eigenvalue weighted by Crippen LogP contribution is -2.36. The van der Waals surface area contributed by atoms with E-state index in [0.29, 0.717) is 25.3 Å². The highest BCUT2D eigenvalue weighted by Gasteiger charge is 2.13. The summed E-state index contributed by atoms with van der Waals surface area (Å²) < 4.78 is 4.89. The van der Waals surface area contributed by atoms with Gasteiger partial charge in [-0.2, -0.15) is 0 Å². The number of methoxy groups -OCH3 is 1. The van der Waals surface area contributed by atoms with Gasteiger partial charge in [-0.05, 0) is 25.5 Å². The van der Waals surface area contributed by atoms with E-state index in [9.17, 15) is 9.59 Å². The quantitative estimate of drug-likeness (QED) is 0.605. The number of carbonyl (C=O) groups excluding carboxylic acids is 1. The molecule has 0 saturated carbocycles. The second kappa shape index (κ2) is 7.70. The van der Waals surface area contributed by atoms with Gasteiger partial charge in [0.05, 0.1) is 6.61 Å². The Morgan fingerprint density at radius 1 is 1.32 bits per heavy atom. The average molecular weight is 267 g/mol. The molecular formula is C13H21N3O3. The third kappa shape index (κ3) is 4.84. The van der Waals surface area contributed by atoms with E-state index >= 15 is 0 Å². The monoisotopic (exact) mass is 267 g/mol. The number of pyridine rings is 1. The van der Waals surface area contributed by atoms with Gasteiger partial charge in [-0.25, -0.2) is 0 Å². The van der Waals surface area contributed by atoms with Crippen LogP contribution in [0.25, 0.3) is 0 Å². The van der Waals surface area contributed by atoms with Crippen LogP contribution in [0.2, 0.25) is 0 Å². The molecule has 1 amide bonds. The summed E-state index contributed by atoms with van der Waals surface area (Å²) in [5.41, 5.74) is 1.27. The number of hydrogen-bond acceptors (Lipinski definition) is 4. The molecule has 0 spiro atoms. The largest absolute Gasteiger partial charge is 0.383 e. The number of amides is 1. The van der Waals surface area contributed by atoms with E-state index in [1.54, 1.807) is 27.0 Å². The molecule has 3 N–H and O–H groups in total. The second-order valence-corrected chi connectivity index (χ2v) is 4.34. The Hall–Kier alpha value is -1.66. The minimum atomic E-state index is -0.345. The standard InChI is InChI=1S/C13H21N3O3/c1-9-8-10(2)16-13(18)11(9)12(17)15-5-4-14-6-7-19-3/h8,14H,4-7H2,1-3H3,(H,15,17)(H,16,18). The molecule has 6 nitrogen and oxygen atoms in total. The highest BCUT2D eigenvalue weighted by atomic mass is 16.5. The summed E-state index contributed by atoms with van der Waals surface area (Å²) in [4.78, 5) is 26.3. The SMILES string of the molecule is COCCNCCNC(=O)c1c(C)cc(C)[nH]c1=O. The number of rotatable bonds is 7. The molecule has 6 heteroatoms. The molecule has 0 aliphatic heterocycles. The predicted octanol–water partition coefficient (Wildman–Crippen LogP) is -0.0425. The van der Waals surface area contributed by atoms with E-state index in [4.69, 9.17) is 4.74 Å². The summed E-state index contributed by atoms with van der Waals surface area (Å²) in [5.74, 6) is -0.340. The third-order valence-electron chi connectivity index (χ3n) is 2.66. The predicted molar refractivity (Wildman–Crippen MR) is 73.6 cm³/mol. The first-order chi connectivity index (χ1) is 9.06. The van der Waals surface area contributed by atoms with E-state index < -0.39 is 0 Å². The van der Waals surface area contributed by atoms with Gasteiger partial charge in [-0.1, -0.05) is 0 Å². The number of ether oxygens (including phenoxy) is 1. The number of H-pyrrole nitrogens is 1. The van der Waals surface area contributed by atoms with Crippen LogP contribution in [0.4, 0.5) is 0 Å². The van der Waals surface area contributed by atoms with Gasteiger partial charge < -0.3 is 20.4 Å². The lowest BCUT2D eigenvalue weighted by Gasteiger charge is -2.08. The van der Waals surface area contributed by atoms with Crippen LogP contribution in [0, 0.1) is 13.8 Å². The molecule has 1 aromatic heterocycles. The fourth-order valence-corrected chi connectivity index (χ4v) is 1.79. The molecule has 19 heavy (non-hydrogen) atoms. The zero-order chi connectivity index (χ0) is 14.3. The normalized spacial score (nSPS) is 10.5. The van der Waals surface area contributed by atoms with Gasteiger partial charge in [-0.15, -0.1) is 0 Å². The average Bonchev–Trinajstić information content (AvgIpc) is 2.32. The summed E-state index contributed by atoms with van der Waals surface area (Å²) in [5, 5.41) is 5.82. The summed E-state index contributed by atoms with van der Waals surface area (Å²) in [6.07, 6.45) is 0. The first-order valence-electron chi connectivity index (χ1n) is 6.24. The Kier molecular flexibility index (Phi) is 6.24. The number of aromatic nitrogens is 1. The van der Waals surface area contributed by atoms with Gasteiger partial charge in [0.25, 0.3) is 11.5 Å². The van der Waals surface area contributed by atoms with Crippen molar-refractivity contribution >= 4 is 5.91 Å². The molecule has 0 aliphatic carbocycles. The van der Waals surface area contributed by atoms with Gasteiger partial charge in [0, 0.05) is 32.4 Å². The Morgan fingerprint density at radius 2 is 2.05 bits per heavy atom. The topological polar surface area (TPSA) is 83.2 Å². The second-order valence-electron chi connectivity index (χ2n) is 4.34. The fourth-order valence-electron chi connectivity index (χ4n) is 1.79. The number of aromatic amines is 1. The summed E-state index contributed by atoms with van der Waals surface area (Å²) in [6.45, 7) is 6.01. The van der Waals surface area contributed by atoms with E-state index in [2.05, 4.69) is 15.6 Å². The maximum atomic E-state index is 11.9. The van der Waals surface area contributed by atoms with E-state index in [0.717, 1.165) is 12.2 Å².